The van der Waals surface area contributed by atoms with Gasteiger partial charge in [-0.3, -0.25) is 4.90 Å². The quantitative estimate of drug-likeness (QED) is 0.811. The van der Waals surface area contributed by atoms with E-state index in [1.807, 2.05) is 19.1 Å². The predicted molar refractivity (Wildman–Crippen MR) is 79.7 cm³/mol. The summed E-state index contributed by atoms with van der Waals surface area (Å²) >= 11 is 0. The average Bonchev–Trinajstić information content (AvgIpc) is 2.50. The molecule has 2 heterocycles. The molecule has 21 heavy (non-hydrogen) atoms. The Morgan fingerprint density at radius 1 is 1.29 bits per heavy atom. The van der Waals surface area contributed by atoms with Gasteiger partial charge >= 0.3 is 5.63 Å². The van der Waals surface area contributed by atoms with Crippen molar-refractivity contribution >= 4 is 11.0 Å². The van der Waals surface area contributed by atoms with E-state index in [4.69, 9.17) is 13.9 Å². The summed E-state index contributed by atoms with van der Waals surface area (Å²) in [6.45, 7) is 6.39. The number of hydrogen-bond donors (Lipinski definition) is 0. The fourth-order valence-corrected chi connectivity index (χ4v) is 2.62. The standard InChI is InChI=1S/C16H19NO4/c1-10-11(2)16(18)21-15-12(10)4-5-14-13(15)8-17(9-20-14)6-7-19-3/h4-5H,6-9H2,1-3H3. The van der Waals surface area contributed by atoms with Gasteiger partial charge in [-0.15, -0.1) is 0 Å². The second-order valence-corrected chi connectivity index (χ2v) is 5.38. The Morgan fingerprint density at radius 2 is 2.10 bits per heavy atom. The van der Waals surface area contributed by atoms with Crippen molar-refractivity contribution in [2.45, 2.75) is 20.4 Å². The molecule has 0 bridgehead atoms. The highest BCUT2D eigenvalue weighted by molar-refractivity contribution is 5.85. The van der Waals surface area contributed by atoms with Crippen LogP contribution in [0, 0.1) is 13.8 Å². The van der Waals surface area contributed by atoms with Gasteiger partial charge in [0.2, 0.25) is 0 Å². The molecule has 0 atom stereocenters. The average molecular weight is 289 g/mol. The Kier molecular flexibility index (Phi) is 3.69. The van der Waals surface area contributed by atoms with Gasteiger partial charge in [0.05, 0.1) is 12.2 Å². The van der Waals surface area contributed by atoms with E-state index in [-0.39, 0.29) is 5.63 Å². The number of fused-ring (bicyclic) bond motifs is 3. The SMILES string of the molecule is COCCN1COc2ccc3c(C)c(C)c(=O)oc3c2C1. The second-order valence-electron chi connectivity index (χ2n) is 5.38. The highest BCUT2D eigenvalue weighted by atomic mass is 16.5. The number of hydrogen-bond acceptors (Lipinski definition) is 5. The topological polar surface area (TPSA) is 51.9 Å². The molecule has 0 saturated heterocycles. The van der Waals surface area contributed by atoms with Crippen LogP contribution >= 0.6 is 0 Å². The zero-order valence-corrected chi connectivity index (χ0v) is 12.6. The van der Waals surface area contributed by atoms with E-state index in [1.165, 1.54) is 0 Å². The van der Waals surface area contributed by atoms with Crippen molar-refractivity contribution in [2.75, 3.05) is 27.0 Å². The molecule has 1 aromatic carbocycles. The summed E-state index contributed by atoms with van der Waals surface area (Å²) in [5, 5.41) is 0.975. The van der Waals surface area contributed by atoms with Crippen molar-refractivity contribution < 1.29 is 13.9 Å². The van der Waals surface area contributed by atoms with Gasteiger partial charge in [0.25, 0.3) is 0 Å². The van der Waals surface area contributed by atoms with Crippen LogP contribution in [-0.2, 0) is 11.3 Å². The minimum absolute atomic E-state index is 0.276. The van der Waals surface area contributed by atoms with Gasteiger partial charge < -0.3 is 13.9 Å². The van der Waals surface area contributed by atoms with Gasteiger partial charge in [-0.1, -0.05) is 0 Å². The largest absolute Gasteiger partial charge is 0.478 e. The smallest absolute Gasteiger partial charge is 0.339 e. The molecule has 5 heteroatoms. The fraction of sp³-hybridized carbons (Fsp3) is 0.438. The highest BCUT2D eigenvalue weighted by Crippen LogP contribution is 2.33. The third kappa shape index (κ3) is 2.43. The van der Waals surface area contributed by atoms with Crippen LogP contribution in [0.5, 0.6) is 5.75 Å². The summed E-state index contributed by atoms with van der Waals surface area (Å²) in [5.41, 5.74) is 2.94. The number of rotatable bonds is 3. The maximum Gasteiger partial charge on any atom is 0.339 e. The number of benzene rings is 1. The monoisotopic (exact) mass is 289 g/mol. The number of ether oxygens (including phenoxy) is 2. The first kappa shape index (κ1) is 14.1. The lowest BCUT2D eigenvalue weighted by atomic mass is 10.0. The van der Waals surface area contributed by atoms with E-state index in [0.29, 0.717) is 31.0 Å². The maximum absolute atomic E-state index is 12.0. The molecule has 1 aromatic heterocycles. The van der Waals surface area contributed by atoms with Crippen LogP contribution < -0.4 is 10.4 Å². The van der Waals surface area contributed by atoms with Crippen molar-refractivity contribution in [3.63, 3.8) is 0 Å². The summed E-state index contributed by atoms with van der Waals surface area (Å²) in [6, 6.07) is 3.92. The molecule has 0 unspecified atom stereocenters. The van der Waals surface area contributed by atoms with Crippen molar-refractivity contribution in [3.05, 3.63) is 39.2 Å². The van der Waals surface area contributed by atoms with Crippen molar-refractivity contribution in [3.8, 4) is 5.75 Å². The second kappa shape index (κ2) is 5.50. The van der Waals surface area contributed by atoms with Gasteiger partial charge in [-0.05, 0) is 31.5 Å². The van der Waals surface area contributed by atoms with E-state index in [0.717, 1.165) is 28.8 Å². The molecule has 5 nitrogen and oxygen atoms in total. The molecule has 1 aliphatic heterocycles. The third-order valence-electron chi connectivity index (χ3n) is 4.08. The van der Waals surface area contributed by atoms with E-state index < -0.39 is 0 Å². The van der Waals surface area contributed by atoms with Crippen LogP contribution in [-0.4, -0.2) is 31.9 Å². The predicted octanol–water partition coefficient (Wildman–Crippen LogP) is 2.21. The summed E-state index contributed by atoms with van der Waals surface area (Å²) in [6.07, 6.45) is 0. The Bertz CT molecular complexity index is 735. The van der Waals surface area contributed by atoms with Gasteiger partial charge in [0.15, 0.2) is 0 Å². The lowest BCUT2D eigenvalue weighted by Gasteiger charge is -2.29. The van der Waals surface area contributed by atoms with Gasteiger partial charge in [-0.2, -0.15) is 0 Å². The van der Waals surface area contributed by atoms with Crippen LogP contribution in [0.4, 0.5) is 0 Å². The van der Waals surface area contributed by atoms with Crippen LogP contribution in [0.2, 0.25) is 0 Å². The van der Waals surface area contributed by atoms with E-state index >= 15 is 0 Å². The molecule has 1 aliphatic rings. The molecule has 0 amide bonds. The Hall–Kier alpha value is -1.85. The molecular formula is C16H19NO4. The minimum Gasteiger partial charge on any atom is -0.478 e. The summed E-state index contributed by atoms with van der Waals surface area (Å²) < 4.78 is 16.4. The molecule has 0 radical (unpaired) electrons. The number of nitrogens with zero attached hydrogens (tertiary/aromatic N) is 1. The molecule has 0 spiro atoms. The Morgan fingerprint density at radius 3 is 2.86 bits per heavy atom. The molecule has 0 N–H and O–H groups in total. The first-order valence-corrected chi connectivity index (χ1v) is 7.02. The molecular weight excluding hydrogens is 270 g/mol. The van der Waals surface area contributed by atoms with Crippen LogP contribution in [0.25, 0.3) is 11.0 Å². The first-order valence-electron chi connectivity index (χ1n) is 7.02. The maximum atomic E-state index is 12.0. The van der Waals surface area contributed by atoms with E-state index in [2.05, 4.69) is 4.90 Å². The van der Waals surface area contributed by atoms with Gasteiger partial charge in [0.1, 0.15) is 18.1 Å². The third-order valence-corrected chi connectivity index (χ3v) is 4.08. The fourth-order valence-electron chi connectivity index (χ4n) is 2.62. The first-order chi connectivity index (χ1) is 10.1. The number of aryl methyl sites for hydroxylation is 1. The molecule has 112 valence electrons. The van der Waals surface area contributed by atoms with Gasteiger partial charge in [-0.25, -0.2) is 4.79 Å². The van der Waals surface area contributed by atoms with Crippen molar-refractivity contribution in [1.82, 2.24) is 4.90 Å². The molecule has 0 aliphatic carbocycles. The summed E-state index contributed by atoms with van der Waals surface area (Å²) in [7, 11) is 1.68. The number of methoxy groups -OCH3 is 1. The summed E-state index contributed by atoms with van der Waals surface area (Å²) in [4.78, 5) is 14.1. The van der Waals surface area contributed by atoms with Crippen LogP contribution in [0.3, 0.4) is 0 Å². The van der Waals surface area contributed by atoms with E-state index in [1.54, 1.807) is 14.0 Å². The lowest BCUT2D eigenvalue weighted by Crippen LogP contribution is -2.34. The van der Waals surface area contributed by atoms with Crippen molar-refractivity contribution in [1.29, 1.82) is 0 Å². The zero-order valence-electron chi connectivity index (χ0n) is 12.6. The zero-order chi connectivity index (χ0) is 15.0. The van der Waals surface area contributed by atoms with E-state index in [9.17, 15) is 4.79 Å². The van der Waals surface area contributed by atoms with Crippen LogP contribution in [0.15, 0.2) is 21.3 Å². The lowest BCUT2D eigenvalue weighted by molar-refractivity contribution is 0.0658. The molecule has 2 aromatic rings. The van der Waals surface area contributed by atoms with Crippen LogP contribution in [0.1, 0.15) is 16.7 Å². The molecule has 3 rings (SSSR count). The van der Waals surface area contributed by atoms with Gasteiger partial charge in [0, 0.05) is 31.1 Å². The molecule has 0 fully saturated rings. The highest BCUT2D eigenvalue weighted by Gasteiger charge is 2.22. The Balaban J connectivity index is 2.10. The Labute approximate surface area is 123 Å². The molecule has 0 saturated carbocycles. The summed E-state index contributed by atoms with van der Waals surface area (Å²) in [5.74, 6) is 0.794. The van der Waals surface area contributed by atoms with Crippen molar-refractivity contribution in [2.24, 2.45) is 0 Å². The normalized spacial score (nSPS) is 15.0. The minimum atomic E-state index is -0.276.